The molecule has 0 saturated heterocycles. The molecule has 0 bridgehead atoms. The van der Waals surface area contributed by atoms with Gasteiger partial charge >= 0.3 is 0 Å². The molecule has 1 nitrogen and oxygen atoms in total. The van der Waals surface area contributed by atoms with Crippen LogP contribution in [0.25, 0.3) is 24.4 Å². The van der Waals surface area contributed by atoms with Crippen molar-refractivity contribution in [1.82, 2.24) is 4.57 Å². The molecule has 1 aromatic rings. The Morgan fingerprint density at radius 1 is 1.14 bits per heavy atom. The highest BCUT2D eigenvalue weighted by Crippen LogP contribution is 2.03. The molecule has 1 aromatic heterocycles. The molecule has 0 spiro atoms. The van der Waals surface area contributed by atoms with Crippen LogP contribution in [-0.2, 0) is 0 Å². The molecule has 1 aliphatic heterocycles. The molecule has 0 saturated carbocycles. The molecule has 2 aliphatic rings. The van der Waals surface area contributed by atoms with E-state index in [1.54, 1.807) is 0 Å². The Morgan fingerprint density at radius 3 is 3.14 bits per heavy atom. The van der Waals surface area contributed by atoms with E-state index in [1.165, 1.54) is 16.3 Å². The van der Waals surface area contributed by atoms with Crippen LogP contribution in [-0.4, -0.2) is 4.57 Å². The number of rotatable bonds is 0. The molecule has 1 aliphatic carbocycles. The Balaban J connectivity index is 2.44. The Kier molecular flexibility index (Phi) is 1.57. The van der Waals surface area contributed by atoms with Crippen molar-refractivity contribution >= 4 is 24.4 Å². The third kappa shape index (κ3) is 1.02. The van der Waals surface area contributed by atoms with Crippen molar-refractivity contribution in [2.75, 3.05) is 0 Å². The highest BCUT2D eigenvalue weighted by molar-refractivity contribution is 5.60. The van der Waals surface area contributed by atoms with Crippen LogP contribution in [0.4, 0.5) is 0 Å². The maximum Gasteiger partial charge on any atom is 0.0491 e. The highest BCUT2D eigenvalue weighted by atomic mass is 14.9. The predicted octanol–water partition coefficient (Wildman–Crippen LogP) is 1.51. The molecule has 68 valence electrons. The number of aromatic nitrogens is 1. The van der Waals surface area contributed by atoms with Gasteiger partial charge in [-0.1, -0.05) is 30.4 Å². The van der Waals surface area contributed by atoms with Gasteiger partial charge in [-0.3, -0.25) is 0 Å². The van der Waals surface area contributed by atoms with Crippen molar-refractivity contribution < 1.29 is 0 Å². The average molecular weight is 181 g/mol. The molecule has 0 amide bonds. The van der Waals surface area contributed by atoms with Gasteiger partial charge in [0.25, 0.3) is 0 Å². The first-order chi connectivity index (χ1) is 6.95. The summed E-state index contributed by atoms with van der Waals surface area (Å²) in [4.78, 5) is 0. The molecule has 0 aromatic carbocycles. The summed E-state index contributed by atoms with van der Waals surface area (Å²) in [6.45, 7) is 0. The van der Waals surface area contributed by atoms with Gasteiger partial charge in [0.05, 0.1) is 0 Å². The quantitative estimate of drug-likeness (QED) is 0.571. The minimum atomic E-state index is 1.04. The molecule has 2 heterocycles. The minimum absolute atomic E-state index is 1.04. The van der Waals surface area contributed by atoms with E-state index in [-0.39, 0.29) is 0 Å². The monoisotopic (exact) mass is 181 g/mol. The zero-order valence-corrected chi connectivity index (χ0v) is 7.85. The van der Waals surface area contributed by atoms with Crippen LogP contribution in [0.2, 0.25) is 0 Å². The molecule has 0 unspecified atom stereocenters. The van der Waals surface area contributed by atoms with Crippen LogP contribution >= 0.6 is 0 Å². The smallest absolute Gasteiger partial charge is 0.0491 e. The fourth-order valence-corrected chi connectivity index (χ4v) is 1.95. The summed E-state index contributed by atoms with van der Waals surface area (Å²) >= 11 is 0. The van der Waals surface area contributed by atoms with Crippen LogP contribution in [0.15, 0.2) is 30.4 Å². The number of hydrogen-bond acceptors (Lipinski definition) is 0. The Labute approximate surface area is 82.7 Å². The second kappa shape index (κ2) is 2.88. The zero-order valence-electron chi connectivity index (χ0n) is 7.85. The van der Waals surface area contributed by atoms with E-state index < -0.39 is 0 Å². The van der Waals surface area contributed by atoms with E-state index in [2.05, 4.69) is 59.4 Å². The normalized spacial score (nSPS) is 16.6. The lowest BCUT2D eigenvalue weighted by Crippen LogP contribution is -2.22. The minimum Gasteiger partial charge on any atom is -0.317 e. The van der Waals surface area contributed by atoms with E-state index in [0.717, 1.165) is 6.42 Å². The number of allylic oxidation sites excluding steroid dienone is 4. The van der Waals surface area contributed by atoms with E-state index >= 15 is 0 Å². The van der Waals surface area contributed by atoms with Gasteiger partial charge < -0.3 is 4.57 Å². The summed E-state index contributed by atoms with van der Waals surface area (Å²) < 4.78 is 2.23. The van der Waals surface area contributed by atoms with Crippen LogP contribution in [0, 0.1) is 0 Å². The molecule has 3 rings (SSSR count). The lowest BCUT2D eigenvalue weighted by molar-refractivity contribution is 1.06. The second-order valence-electron chi connectivity index (χ2n) is 3.52. The summed E-state index contributed by atoms with van der Waals surface area (Å²) in [6.07, 6.45) is 18.1. The van der Waals surface area contributed by atoms with Gasteiger partial charge in [-0.25, -0.2) is 0 Å². The van der Waals surface area contributed by atoms with Crippen molar-refractivity contribution in [3.63, 3.8) is 0 Å². The second-order valence-corrected chi connectivity index (χ2v) is 3.52. The van der Waals surface area contributed by atoms with Crippen molar-refractivity contribution in [3.05, 3.63) is 46.6 Å². The molecule has 14 heavy (non-hydrogen) atoms. The summed E-state index contributed by atoms with van der Waals surface area (Å²) in [5, 5.41) is 2.57. The van der Waals surface area contributed by atoms with Crippen molar-refractivity contribution in [2.45, 2.75) is 6.42 Å². The highest BCUT2D eigenvalue weighted by Gasteiger charge is 2.02. The molecular formula is C13H11N. The van der Waals surface area contributed by atoms with Gasteiger partial charge in [-0.2, -0.15) is 0 Å². The maximum atomic E-state index is 2.27. The molecule has 1 heteroatoms. The Hall–Kier alpha value is -1.76. The third-order valence-corrected chi connectivity index (χ3v) is 2.61. The summed E-state index contributed by atoms with van der Waals surface area (Å²) in [6, 6.07) is 2.22. The lowest BCUT2D eigenvalue weighted by atomic mass is 10.1. The maximum absolute atomic E-state index is 2.27. The largest absolute Gasteiger partial charge is 0.317 e. The Bertz CT molecular complexity index is 565. The topological polar surface area (TPSA) is 4.93 Å². The summed E-state index contributed by atoms with van der Waals surface area (Å²) in [7, 11) is 0. The van der Waals surface area contributed by atoms with E-state index in [1.807, 2.05) is 0 Å². The fourth-order valence-electron chi connectivity index (χ4n) is 1.95. The molecule has 0 N–H and O–H groups in total. The first-order valence-corrected chi connectivity index (χ1v) is 4.88. The first-order valence-electron chi connectivity index (χ1n) is 4.88. The van der Waals surface area contributed by atoms with Gasteiger partial charge in [0.15, 0.2) is 0 Å². The number of fused-ring (bicyclic) bond motifs is 3. The van der Waals surface area contributed by atoms with E-state index in [4.69, 9.17) is 0 Å². The zero-order chi connectivity index (χ0) is 9.38. The Morgan fingerprint density at radius 2 is 2.14 bits per heavy atom. The van der Waals surface area contributed by atoms with Crippen LogP contribution in [0.5, 0.6) is 0 Å². The fraction of sp³-hybridized carbons (Fsp3) is 0.0769. The SMILES string of the molecule is C1=CC=c2cc3c(n2C=C1)=CCC=C3. The van der Waals surface area contributed by atoms with Gasteiger partial charge in [0, 0.05) is 16.9 Å². The molecular weight excluding hydrogens is 170 g/mol. The average Bonchev–Trinajstić information content (AvgIpc) is 2.42. The molecule has 0 atom stereocenters. The van der Waals surface area contributed by atoms with Gasteiger partial charge in [0.2, 0.25) is 0 Å². The van der Waals surface area contributed by atoms with E-state index in [9.17, 15) is 0 Å². The third-order valence-electron chi connectivity index (χ3n) is 2.61. The summed E-state index contributed by atoms with van der Waals surface area (Å²) in [5.74, 6) is 0. The lowest BCUT2D eigenvalue weighted by Gasteiger charge is -1.98. The van der Waals surface area contributed by atoms with Crippen molar-refractivity contribution in [2.24, 2.45) is 0 Å². The predicted molar refractivity (Wildman–Crippen MR) is 60.7 cm³/mol. The van der Waals surface area contributed by atoms with Crippen molar-refractivity contribution in [1.29, 1.82) is 0 Å². The van der Waals surface area contributed by atoms with E-state index in [0.29, 0.717) is 0 Å². The first kappa shape index (κ1) is 7.63. The van der Waals surface area contributed by atoms with Gasteiger partial charge in [-0.05, 0) is 30.2 Å². The number of nitrogens with zero attached hydrogens (tertiary/aromatic N) is 1. The molecule has 0 fully saturated rings. The van der Waals surface area contributed by atoms with Crippen LogP contribution < -0.4 is 10.7 Å². The summed E-state index contributed by atoms with van der Waals surface area (Å²) in [5.41, 5.74) is 1.32. The van der Waals surface area contributed by atoms with Crippen LogP contribution in [0.1, 0.15) is 12.0 Å². The molecule has 0 radical (unpaired) electrons. The van der Waals surface area contributed by atoms with Crippen molar-refractivity contribution in [3.8, 4) is 0 Å². The van der Waals surface area contributed by atoms with Crippen LogP contribution in [0.3, 0.4) is 0 Å². The number of hydrogen-bond donors (Lipinski definition) is 0. The standard InChI is InChI=1S/C13H11N/c1-2-7-12-10-11-6-3-4-8-13(11)14(12)9-5-1/h1-3,5-10H,4H2. The van der Waals surface area contributed by atoms with Gasteiger partial charge in [-0.15, -0.1) is 0 Å². The van der Waals surface area contributed by atoms with Gasteiger partial charge in [0.1, 0.15) is 0 Å².